The van der Waals surface area contributed by atoms with Gasteiger partial charge in [0.2, 0.25) is 0 Å². The van der Waals surface area contributed by atoms with Gasteiger partial charge in [-0.25, -0.2) is 0 Å². The van der Waals surface area contributed by atoms with E-state index in [2.05, 4.69) is 5.32 Å². The summed E-state index contributed by atoms with van der Waals surface area (Å²) >= 11 is 0. The van der Waals surface area contributed by atoms with Crippen molar-refractivity contribution in [3.63, 3.8) is 0 Å². The smallest absolute Gasteiger partial charge is 0.170 e. The van der Waals surface area contributed by atoms with Crippen LogP contribution in [-0.4, -0.2) is 25.5 Å². The first-order chi connectivity index (χ1) is 8.24. The van der Waals surface area contributed by atoms with E-state index in [1.807, 2.05) is 32.0 Å². The van der Waals surface area contributed by atoms with Gasteiger partial charge in [0.1, 0.15) is 5.75 Å². The highest BCUT2D eigenvalue weighted by atomic mass is 16.5. The van der Waals surface area contributed by atoms with Crippen LogP contribution in [0.1, 0.15) is 29.8 Å². The number of para-hydroxylation sites is 1. The van der Waals surface area contributed by atoms with E-state index in [4.69, 9.17) is 4.74 Å². The minimum Gasteiger partial charge on any atom is -0.492 e. The maximum absolute atomic E-state index is 12.3. The predicted molar refractivity (Wildman–Crippen MR) is 67.7 cm³/mol. The molecule has 0 aliphatic carbocycles. The third kappa shape index (κ3) is 2.50. The Morgan fingerprint density at radius 3 is 3.12 bits per heavy atom. The van der Waals surface area contributed by atoms with Crippen molar-refractivity contribution < 1.29 is 9.53 Å². The predicted octanol–water partition coefficient (Wildman–Crippen LogP) is 2.05. The fourth-order valence-electron chi connectivity index (χ4n) is 2.13. The lowest BCUT2D eigenvalue weighted by Gasteiger charge is -2.13. The third-order valence-corrected chi connectivity index (χ3v) is 3.13. The molecule has 0 fully saturated rings. The average molecular weight is 233 g/mol. The number of hydrogen-bond acceptors (Lipinski definition) is 3. The Morgan fingerprint density at radius 1 is 1.53 bits per heavy atom. The zero-order chi connectivity index (χ0) is 12.3. The number of nitrogens with one attached hydrogen (secondary N) is 1. The molecule has 92 valence electrons. The van der Waals surface area contributed by atoms with Gasteiger partial charge >= 0.3 is 0 Å². The van der Waals surface area contributed by atoms with Gasteiger partial charge in [0.05, 0.1) is 12.2 Å². The van der Waals surface area contributed by atoms with Crippen LogP contribution < -0.4 is 10.1 Å². The van der Waals surface area contributed by atoms with E-state index in [1.54, 1.807) is 0 Å². The van der Waals surface area contributed by atoms with Crippen LogP contribution >= 0.6 is 0 Å². The van der Waals surface area contributed by atoms with Crippen molar-refractivity contribution in [3.05, 3.63) is 29.3 Å². The molecule has 1 aromatic rings. The molecule has 1 unspecified atom stereocenters. The lowest BCUT2D eigenvalue weighted by Crippen LogP contribution is -2.26. The van der Waals surface area contributed by atoms with Crippen LogP contribution in [0.4, 0.5) is 0 Å². The van der Waals surface area contributed by atoms with Crippen LogP contribution in [-0.2, 0) is 6.42 Å². The summed E-state index contributed by atoms with van der Waals surface area (Å²) in [7, 11) is 0. The first-order valence-corrected chi connectivity index (χ1v) is 6.23. The summed E-state index contributed by atoms with van der Waals surface area (Å²) in [4.78, 5) is 12.3. The van der Waals surface area contributed by atoms with Crippen LogP contribution in [0.15, 0.2) is 18.2 Å². The normalized spacial score (nSPS) is 15.2. The number of carbonyl (C=O) groups is 1. The molecule has 0 saturated heterocycles. The Labute approximate surface area is 102 Å². The van der Waals surface area contributed by atoms with Crippen LogP contribution in [0, 0.1) is 5.92 Å². The molecule has 1 aliphatic heterocycles. The molecule has 0 aromatic heterocycles. The molecule has 1 aromatic carbocycles. The number of rotatable bonds is 5. The summed E-state index contributed by atoms with van der Waals surface area (Å²) in [6, 6.07) is 5.85. The molecule has 17 heavy (non-hydrogen) atoms. The first-order valence-electron chi connectivity index (χ1n) is 6.23. The molecule has 0 radical (unpaired) electrons. The molecule has 1 atom stereocenters. The molecule has 0 saturated carbocycles. The molecule has 0 bridgehead atoms. The maximum Gasteiger partial charge on any atom is 0.170 e. The van der Waals surface area contributed by atoms with Gasteiger partial charge in [-0.3, -0.25) is 4.79 Å². The summed E-state index contributed by atoms with van der Waals surface area (Å²) < 4.78 is 5.56. The van der Waals surface area contributed by atoms with Gasteiger partial charge in [-0.15, -0.1) is 0 Å². The Morgan fingerprint density at radius 2 is 2.35 bits per heavy atom. The van der Waals surface area contributed by atoms with Crippen LogP contribution in [0.3, 0.4) is 0 Å². The van der Waals surface area contributed by atoms with Crippen LogP contribution in [0.5, 0.6) is 5.75 Å². The molecule has 3 nitrogen and oxygen atoms in total. The van der Waals surface area contributed by atoms with Gasteiger partial charge < -0.3 is 10.1 Å². The monoisotopic (exact) mass is 233 g/mol. The van der Waals surface area contributed by atoms with Gasteiger partial charge in [-0.1, -0.05) is 26.0 Å². The molecule has 3 heteroatoms. The standard InChI is InChI=1S/C14H19NO2/c1-3-15-9-10(2)13(16)12-6-4-5-11-7-8-17-14(11)12/h4-6,10,15H,3,7-9H2,1-2H3. The maximum atomic E-state index is 12.3. The van der Waals surface area contributed by atoms with Crippen LogP contribution in [0.25, 0.3) is 0 Å². The Hall–Kier alpha value is -1.35. The van der Waals surface area contributed by atoms with Crippen molar-refractivity contribution in [1.29, 1.82) is 0 Å². The Kier molecular flexibility index (Phi) is 3.79. The quantitative estimate of drug-likeness (QED) is 0.791. The summed E-state index contributed by atoms with van der Waals surface area (Å²) in [5, 5.41) is 3.20. The first kappa shape index (κ1) is 12.1. The van der Waals surface area contributed by atoms with Crippen molar-refractivity contribution in [2.24, 2.45) is 5.92 Å². The minimum atomic E-state index is -0.00866. The topological polar surface area (TPSA) is 38.3 Å². The summed E-state index contributed by atoms with van der Waals surface area (Å²) in [5.74, 6) is 0.969. The van der Waals surface area contributed by atoms with Gasteiger partial charge in [0.15, 0.2) is 5.78 Å². The molecule has 1 heterocycles. The van der Waals surface area contributed by atoms with Gasteiger partial charge in [-0.2, -0.15) is 0 Å². The van der Waals surface area contributed by atoms with E-state index in [0.717, 1.165) is 36.4 Å². The van der Waals surface area contributed by atoms with Crippen molar-refractivity contribution >= 4 is 5.78 Å². The van der Waals surface area contributed by atoms with Crippen molar-refractivity contribution in [2.45, 2.75) is 20.3 Å². The van der Waals surface area contributed by atoms with E-state index in [-0.39, 0.29) is 11.7 Å². The number of ether oxygens (including phenoxy) is 1. The molecule has 1 N–H and O–H groups in total. The molecule has 1 aliphatic rings. The van der Waals surface area contributed by atoms with Gasteiger partial charge in [0.25, 0.3) is 0 Å². The lowest BCUT2D eigenvalue weighted by molar-refractivity contribution is 0.0926. The van der Waals surface area contributed by atoms with E-state index in [0.29, 0.717) is 6.61 Å². The fraction of sp³-hybridized carbons (Fsp3) is 0.500. The van der Waals surface area contributed by atoms with E-state index in [9.17, 15) is 4.79 Å². The Balaban J connectivity index is 2.17. The molecular formula is C14H19NO2. The zero-order valence-electron chi connectivity index (χ0n) is 10.5. The lowest BCUT2D eigenvalue weighted by atomic mass is 9.96. The number of fused-ring (bicyclic) bond motifs is 1. The highest BCUT2D eigenvalue weighted by Crippen LogP contribution is 2.30. The summed E-state index contributed by atoms with van der Waals surface area (Å²) in [6.45, 7) is 6.31. The highest BCUT2D eigenvalue weighted by molar-refractivity contribution is 6.00. The zero-order valence-corrected chi connectivity index (χ0v) is 10.5. The molecular weight excluding hydrogens is 214 g/mol. The average Bonchev–Trinajstić information content (AvgIpc) is 2.82. The van der Waals surface area contributed by atoms with E-state index < -0.39 is 0 Å². The van der Waals surface area contributed by atoms with Crippen molar-refractivity contribution in [3.8, 4) is 5.75 Å². The summed E-state index contributed by atoms with van der Waals surface area (Å²) in [6.07, 6.45) is 0.915. The SMILES string of the molecule is CCNCC(C)C(=O)c1cccc2c1OCC2. The number of ketones is 1. The largest absolute Gasteiger partial charge is 0.492 e. The van der Waals surface area contributed by atoms with Gasteiger partial charge in [-0.05, 0) is 18.2 Å². The highest BCUT2D eigenvalue weighted by Gasteiger charge is 2.23. The van der Waals surface area contributed by atoms with Crippen LogP contribution in [0.2, 0.25) is 0 Å². The molecule has 0 spiro atoms. The number of Topliss-reactive ketones (excluding diaryl/α,β-unsaturated/α-hetero) is 1. The third-order valence-electron chi connectivity index (χ3n) is 3.13. The van der Waals surface area contributed by atoms with Crippen molar-refractivity contribution in [2.75, 3.05) is 19.7 Å². The van der Waals surface area contributed by atoms with Crippen molar-refractivity contribution in [1.82, 2.24) is 5.32 Å². The summed E-state index contributed by atoms with van der Waals surface area (Å²) in [5.41, 5.74) is 1.90. The van der Waals surface area contributed by atoms with Gasteiger partial charge in [0, 0.05) is 18.9 Å². The number of carbonyl (C=O) groups excluding carboxylic acids is 1. The Bertz CT molecular complexity index is 415. The van der Waals surface area contributed by atoms with E-state index >= 15 is 0 Å². The second-order valence-corrected chi connectivity index (χ2v) is 4.47. The minimum absolute atomic E-state index is 0.00866. The number of hydrogen-bond donors (Lipinski definition) is 1. The number of benzene rings is 1. The second-order valence-electron chi connectivity index (χ2n) is 4.47. The molecule has 0 amide bonds. The second kappa shape index (κ2) is 5.32. The molecule has 2 rings (SSSR count). The van der Waals surface area contributed by atoms with E-state index in [1.165, 1.54) is 0 Å². The fourth-order valence-corrected chi connectivity index (χ4v) is 2.13.